The third-order valence-electron chi connectivity index (χ3n) is 3.02. The molecule has 0 radical (unpaired) electrons. The van der Waals surface area contributed by atoms with Crippen LogP contribution >= 0.6 is 13.5 Å². The molecule has 134 valence electrons. The van der Waals surface area contributed by atoms with Gasteiger partial charge in [0.15, 0.2) is 11.6 Å². The van der Waals surface area contributed by atoms with Gasteiger partial charge in [-0.2, -0.15) is 18.5 Å². The molecule has 4 N–H and O–H groups in total. The highest BCUT2D eigenvalue weighted by Gasteiger charge is 2.13. The zero-order valence-corrected chi connectivity index (χ0v) is 15.2. The summed E-state index contributed by atoms with van der Waals surface area (Å²) in [4.78, 5) is 8.16. The molecule has 1 atom stereocenters. The van der Waals surface area contributed by atoms with Gasteiger partial charge < -0.3 is 25.6 Å². The van der Waals surface area contributed by atoms with Gasteiger partial charge in [-0.3, -0.25) is 0 Å². The van der Waals surface area contributed by atoms with Gasteiger partial charge in [0.2, 0.25) is 5.95 Å². The Bertz CT molecular complexity index is 429. The van der Waals surface area contributed by atoms with E-state index in [1.165, 1.54) is 0 Å². The van der Waals surface area contributed by atoms with Crippen molar-refractivity contribution in [3.05, 3.63) is 6.20 Å². The minimum absolute atomic E-state index is 0. The molecule has 23 heavy (non-hydrogen) atoms. The number of anilines is 2. The van der Waals surface area contributed by atoms with Crippen LogP contribution in [0.15, 0.2) is 6.20 Å². The van der Waals surface area contributed by atoms with E-state index in [0.29, 0.717) is 31.2 Å². The van der Waals surface area contributed by atoms with Gasteiger partial charge in [0.1, 0.15) is 6.61 Å². The molecule has 1 aromatic heterocycles. The number of nitrogens with two attached hydrogens (primary N) is 1. The Balaban J connectivity index is 0.00000484. The third-order valence-corrected chi connectivity index (χ3v) is 3.02. The average molecular weight is 346 g/mol. The second-order valence-electron chi connectivity index (χ2n) is 5.35. The number of nitrogen functional groups attached to an aromatic ring is 1. The predicted octanol–water partition coefficient (Wildman–Crippen LogP) is 1.94. The van der Waals surface area contributed by atoms with Crippen LogP contribution in [0.25, 0.3) is 0 Å². The maximum absolute atomic E-state index is 9.15. The molecule has 0 aliphatic heterocycles. The van der Waals surface area contributed by atoms with Crippen LogP contribution in [0.3, 0.4) is 0 Å². The molecule has 0 saturated heterocycles. The Morgan fingerprint density at radius 2 is 2.04 bits per heavy atom. The summed E-state index contributed by atoms with van der Waals surface area (Å²) in [7, 11) is 0. The van der Waals surface area contributed by atoms with Crippen molar-refractivity contribution in [3.63, 3.8) is 0 Å². The van der Waals surface area contributed by atoms with Crippen LogP contribution in [0.2, 0.25) is 0 Å². The molecule has 1 heterocycles. The molecule has 1 rings (SSSR count). The van der Waals surface area contributed by atoms with E-state index in [4.69, 9.17) is 20.3 Å². The maximum Gasteiger partial charge on any atom is 0.222 e. The Kier molecular flexibility index (Phi) is 11.5. The van der Waals surface area contributed by atoms with Crippen LogP contribution in [0.5, 0.6) is 5.75 Å². The summed E-state index contributed by atoms with van der Waals surface area (Å²) in [6, 6.07) is 0.124. The van der Waals surface area contributed by atoms with Crippen LogP contribution in [-0.2, 0) is 4.74 Å². The maximum atomic E-state index is 9.15. The minimum Gasteiger partial charge on any atom is -0.486 e. The Hall–Kier alpha value is -1.25. The predicted molar refractivity (Wildman–Crippen MR) is 97.4 cm³/mol. The normalized spacial score (nSPS) is 11.9. The van der Waals surface area contributed by atoms with Gasteiger partial charge in [-0.05, 0) is 26.7 Å². The molecule has 0 unspecified atom stereocenters. The van der Waals surface area contributed by atoms with Crippen LogP contribution in [0.1, 0.15) is 40.0 Å². The van der Waals surface area contributed by atoms with Gasteiger partial charge in [-0.25, -0.2) is 4.98 Å². The van der Waals surface area contributed by atoms with E-state index in [2.05, 4.69) is 22.2 Å². The smallest absolute Gasteiger partial charge is 0.222 e. The highest BCUT2D eigenvalue weighted by atomic mass is 32.1. The molecule has 8 heteroatoms. The highest BCUT2D eigenvalue weighted by molar-refractivity contribution is 7.59. The van der Waals surface area contributed by atoms with Crippen molar-refractivity contribution in [2.75, 3.05) is 30.9 Å². The molecule has 0 aromatic carbocycles. The van der Waals surface area contributed by atoms with Crippen LogP contribution < -0.4 is 15.8 Å². The van der Waals surface area contributed by atoms with E-state index >= 15 is 0 Å². The largest absolute Gasteiger partial charge is 0.486 e. The zero-order chi connectivity index (χ0) is 16.4. The summed E-state index contributed by atoms with van der Waals surface area (Å²) in [6.45, 7) is 7.08. The molecule has 0 amide bonds. The average Bonchev–Trinajstić information content (AvgIpc) is 2.45. The van der Waals surface area contributed by atoms with Gasteiger partial charge in [0.25, 0.3) is 0 Å². The second-order valence-corrected chi connectivity index (χ2v) is 5.35. The molecule has 0 bridgehead atoms. The van der Waals surface area contributed by atoms with Crippen LogP contribution in [0.4, 0.5) is 11.8 Å². The fraction of sp³-hybridized carbons (Fsp3) is 0.733. The number of nitrogens with one attached hydrogen (secondary N) is 1. The standard InChI is InChI=1S/C15H28N4O3.H2S/c1-4-5-12(6-7-20)18-14-13(10-17-15(16)19-14)22-9-8-21-11(2)3;/h10-12,20H,4-9H2,1-3H3,(H3,16,17,18,19);1H2/t12-;/m0./s1. The molecule has 1 aromatic rings. The van der Waals surface area contributed by atoms with Gasteiger partial charge in [0, 0.05) is 12.6 Å². The van der Waals surface area contributed by atoms with Crippen LogP contribution in [-0.4, -0.2) is 47.0 Å². The first-order valence-corrected chi connectivity index (χ1v) is 7.81. The number of ether oxygens (including phenoxy) is 2. The number of rotatable bonds is 11. The van der Waals surface area contributed by atoms with Gasteiger partial charge in [-0.1, -0.05) is 13.3 Å². The summed E-state index contributed by atoms with van der Waals surface area (Å²) in [5, 5.41) is 12.4. The van der Waals surface area contributed by atoms with Crippen molar-refractivity contribution in [2.24, 2.45) is 0 Å². The molecule has 0 spiro atoms. The topological polar surface area (TPSA) is 103 Å². The summed E-state index contributed by atoms with van der Waals surface area (Å²) in [5.74, 6) is 1.29. The number of hydrogen-bond acceptors (Lipinski definition) is 7. The van der Waals surface area contributed by atoms with Crippen molar-refractivity contribution >= 4 is 25.3 Å². The minimum atomic E-state index is 0. The summed E-state index contributed by atoms with van der Waals surface area (Å²) in [6.07, 6.45) is 4.31. The lowest BCUT2D eigenvalue weighted by Gasteiger charge is -2.20. The number of aliphatic hydroxyl groups excluding tert-OH is 1. The molecule has 0 saturated carbocycles. The summed E-state index contributed by atoms with van der Waals surface area (Å²) in [5.41, 5.74) is 5.65. The molecular weight excluding hydrogens is 316 g/mol. The SMILES string of the molecule is CCC[C@@H](CCO)Nc1nc(N)ncc1OCCOC(C)C.S. The lowest BCUT2D eigenvalue weighted by atomic mass is 10.1. The second kappa shape index (κ2) is 12.2. The lowest BCUT2D eigenvalue weighted by Crippen LogP contribution is -2.22. The third kappa shape index (κ3) is 8.83. The van der Waals surface area contributed by atoms with E-state index in [-0.39, 0.29) is 38.2 Å². The van der Waals surface area contributed by atoms with Crippen molar-refractivity contribution in [1.82, 2.24) is 9.97 Å². The van der Waals surface area contributed by atoms with Crippen LogP contribution in [0, 0.1) is 0 Å². The van der Waals surface area contributed by atoms with Crippen molar-refractivity contribution in [1.29, 1.82) is 0 Å². The fourth-order valence-electron chi connectivity index (χ4n) is 2.02. The Morgan fingerprint density at radius 3 is 2.65 bits per heavy atom. The van der Waals surface area contributed by atoms with Gasteiger partial charge in [0.05, 0.1) is 18.9 Å². The van der Waals surface area contributed by atoms with Gasteiger partial charge in [-0.15, -0.1) is 0 Å². The molecule has 7 nitrogen and oxygen atoms in total. The Labute approximate surface area is 145 Å². The first-order chi connectivity index (χ1) is 10.6. The molecular formula is C15H30N4O3S. The van der Waals surface area contributed by atoms with E-state index in [9.17, 15) is 0 Å². The quantitative estimate of drug-likeness (QED) is 0.526. The van der Waals surface area contributed by atoms with Crippen molar-refractivity contribution < 1.29 is 14.6 Å². The fourth-order valence-corrected chi connectivity index (χ4v) is 2.02. The molecule has 0 fully saturated rings. The molecule has 0 aliphatic carbocycles. The molecule has 0 aliphatic rings. The number of aromatic nitrogens is 2. The van der Waals surface area contributed by atoms with Crippen molar-refractivity contribution in [3.8, 4) is 5.75 Å². The number of hydrogen-bond donors (Lipinski definition) is 3. The van der Waals surface area contributed by atoms with E-state index < -0.39 is 0 Å². The monoisotopic (exact) mass is 346 g/mol. The van der Waals surface area contributed by atoms with Gasteiger partial charge >= 0.3 is 0 Å². The summed E-state index contributed by atoms with van der Waals surface area (Å²) >= 11 is 0. The first kappa shape index (κ1) is 21.8. The first-order valence-electron chi connectivity index (χ1n) is 7.81. The highest BCUT2D eigenvalue weighted by Crippen LogP contribution is 2.23. The summed E-state index contributed by atoms with van der Waals surface area (Å²) < 4.78 is 11.1. The number of nitrogens with zero attached hydrogens (tertiary/aromatic N) is 2. The lowest BCUT2D eigenvalue weighted by molar-refractivity contribution is 0.0553. The van der Waals surface area contributed by atoms with E-state index in [1.807, 2.05) is 13.8 Å². The van der Waals surface area contributed by atoms with Crippen molar-refractivity contribution in [2.45, 2.75) is 52.2 Å². The van der Waals surface area contributed by atoms with E-state index in [0.717, 1.165) is 12.8 Å². The Morgan fingerprint density at radius 1 is 1.30 bits per heavy atom. The van der Waals surface area contributed by atoms with E-state index in [1.54, 1.807) is 6.20 Å². The zero-order valence-electron chi connectivity index (χ0n) is 14.2. The number of aliphatic hydroxyl groups is 1.